The molecule has 0 saturated heterocycles. The lowest BCUT2D eigenvalue weighted by molar-refractivity contribution is -0.116. The molecule has 0 aliphatic heterocycles. The van der Waals surface area contributed by atoms with Crippen molar-refractivity contribution in [1.82, 2.24) is 9.38 Å². The number of amides is 1. The maximum atomic E-state index is 11.8. The van der Waals surface area contributed by atoms with Crippen LogP contribution in [0.2, 0.25) is 0 Å². The average Bonchev–Trinajstić information content (AvgIpc) is 3.02. The zero-order chi connectivity index (χ0) is 17.6. The first kappa shape index (κ1) is 22.8. The third-order valence-corrected chi connectivity index (χ3v) is 3.77. The first-order chi connectivity index (χ1) is 12.1. The summed E-state index contributed by atoms with van der Waals surface area (Å²) in [4.78, 5) is 16.3. The second-order valence-electron chi connectivity index (χ2n) is 6.08. The number of hydrogen-bond acceptors (Lipinski definition) is 4. The Morgan fingerprint density at radius 1 is 1.22 bits per heavy atom. The molecule has 0 bridgehead atoms. The van der Waals surface area contributed by atoms with Crippen LogP contribution in [0, 0.1) is 0 Å². The van der Waals surface area contributed by atoms with Gasteiger partial charge in [-0.3, -0.25) is 4.79 Å². The van der Waals surface area contributed by atoms with E-state index < -0.39 is 0 Å². The summed E-state index contributed by atoms with van der Waals surface area (Å²) in [5.74, 6) is 0.696. The first-order valence-electron chi connectivity index (χ1n) is 8.31. The molecule has 0 fully saturated rings. The van der Waals surface area contributed by atoms with Gasteiger partial charge < -0.3 is 20.2 Å². The molecule has 3 N–H and O–H groups in total. The van der Waals surface area contributed by atoms with E-state index in [0.29, 0.717) is 19.4 Å². The van der Waals surface area contributed by atoms with E-state index in [1.54, 1.807) is 0 Å². The summed E-state index contributed by atoms with van der Waals surface area (Å²) >= 11 is 0. The van der Waals surface area contributed by atoms with Crippen LogP contribution in [-0.4, -0.2) is 21.3 Å². The number of anilines is 1. The van der Waals surface area contributed by atoms with Crippen LogP contribution in [0.1, 0.15) is 25.5 Å². The van der Waals surface area contributed by atoms with Crippen LogP contribution in [0.25, 0.3) is 5.65 Å². The molecular formula is C19H24Cl2N4O2. The van der Waals surface area contributed by atoms with Crippen molar-refractivity contribution in [3.63, 3.8) is 0 Å². The molecular weight excluding hydrogens is 387 g/mol. The maximum absolute atomic E-state index is 11.8. The maximum Gasteiger partial charge on any atom is 0.224 e. The Hall–Kier alpha value is -2.28. The number of fused-ring (bicyclic) bond motifs is 1. The van der Waals surface area contributed by atoms with Gasteiger partial charge in [0.2, 0.25) is 5.91 Å². The quantitative estimate of drug-likeness (QED) is 0.619. The highest BCUT2D eigenvalue weighted by molar-refractivity contribution is 5.90. The molecule has 8 heteroatoms. The van der Waals surface area contributed by atoms with Gasteiger partial charge >= 0.3 is 0 Å². The van der Waals surface area contributed by atoms with Crippen LogP contribution >= 0.6 is 24.8 Å². The van der Waals surface area contributed by atoms with Crippen LogP contribution in [0.4, 0.5) is 5.69 Å². The predicted molar refractivity (Wildman–Crippen MR) is 112 cm³/mol. The Morgan fingerprint density at radius 3 is 2.63 bits per heavy atom. The zero-order valence-corrected chi connectivity index (χ0v) is 16.6. The van der Waals surface area contributed by atoms with E-state index >= 15 is 0 Å². The normalized spacial score (nSPS) is 11.2. The van der Waals surface area contributed by atoms with Crippen LogP contribution in [0.3, 0.4) is 0 Å². The number of nitrogens with one attached hydrogen (secondary N) is 1. The summed E-state index contributed by atoms with van der Waals surface area (Å²) in [7, 11) is 0. The molecule has 6 nitrogen and oxygen atoms in total. The van der Waals surface area contributed by atoms with Gasteiger partial charge in [0.1, 0.15) is 18.0 Å². The van der Waals surface area contributed by atoms with Gasteiger partial charge in [-0.2, -0.15) is 0 Å². The number of carbonyl (C=O) groups excluding carboxylic acids is 1. The first-order valence-corrected chi connectivity index (χ1v) is 8.31. The molecule has 0 saturated carbocycles. The van der Waals surface area contributed by atoms with Crippen molar-refractivity contribution in [2.75, 3.05) is 5.32 Å². The van der Waals surface area contributed by atoms with Gasteiger partial charge in [0.05, 0.1) is 5.69 Å². The smallest absolute Gasteiger partial charge is 0.224 e. The lowest BCUT2D eigenvalue weighted by Crippen LogP contribution is -2.19. The van der Waals surface area contributed by atoms with E-state index in [0.717, 1.165) is 22.8 Å². The van der Waals surface area contributed by atoms with Gasteiger partial charge in [-0.05, 0) is 49.7 Å². The lowest BCUT2D eigenvalue weighted by Gasteiger charge is -2.08. The summed E-state index contributed by atoms with van der Waals surface area (Å²) in [6, 6.07) is 13.2. The number of benzene rings is 1. The summed E-state index contributed by atoms with van der Waals surface area (Å²) in [5.41, 5.74) is 8.16. The van der Waals surface area contributed by atoms with Crippen molar-refractivity contribution >= 4 is 42.1 Å². The standard InChI is InChI=1S/C19H22N4O2.2ClH/c1-14(20)5-10-19(24)22-15-6-8-17(9-7-15)25-13-16-12-23-11-3-2-4-18(23)21-16;;/h2-4,6-9,11-12,14H,5,10,13,20H2,1H3,(H,22,24);2*1H. The molecule has 3 rings (SSSR count). The minimum absolute atomic E-state index is 0. The summed E-state index contributed by atoms with van der Waals surface area (Å²) in [6.45, 7) is 2.28. The zero-order valence-electron chi connectivity index (χ0n) is 15.0. The number of hydrogen-bond donors (Lipinski definition) is 2. The average molecular weight is 411 g/mol. The Bertz CT molecular complexity index is 817. The Labute approximate surface area is 170 Å². The largest absolute Gasteiger partial charge is 0.487 e. The SMILES string of the molecule is CC(N)CCC(=O)Nc1ccc(OCc2cn3ccccc3n2)cc1.Cl.Cl. The fourth-order valence-corrected chi connectivity index (χ4v) is 2.43. The van der Waals surface area contributed by atoms with E-state index in [4.69, 9.17) is 10.5 Å². The summed E-state index contributed by atoms with van der Waals surface area (Å²) in [5, 5.41) is 2.85. The van der Waals surface area contributed by atoms with Crippen molar-refractivity contribution < 1.29 is 9.53 Å². The number of aromatic nitrogens is 2. The Balaban J connectivity index is 0.00000182. The molecule has 27 heavy (non-hydrogen) atoms. The van der Waals surface area contributed by atoms with E-state index in [-0.39, 0.29) is 36.8 Å². The molecule has 146 valence electrons. The number of pyridine rings is 1. The Kier molecular flexibility index (Phi) is 9.08. The minimum Gasteiger partial charge on any atom is -0.487 e. The molecule has 3 aromatic rings. The third-order valence-electron chi connectivity index (χ3n) is 3.77. The number of imidazole rings is 1. The van der Waals surface area contributed by atoms with Crippen molar-refractivity contribution in [3.8, 4) is 5.75 Å². The number of ether oxygens (including phenoxy) is 1. The van der Waals surface area contributed by atoms with E-state index in [1.165, 1.54) is 0 Å². The molecule has 1 aromatic carbocycles. The second kappa shape index (κ2) is 10.8. The molecule has 0 aliphatic rings. The highest BCUT2D eigenvalue weighted by Crippen LogP contribution is 2.17. The number of nitrogens with zero attached hydrogens (tertiary/aromatic N) is 2. The van der Waals surface area contributed by atoms with Crippen molar-refractivity contribution in [3.05, 3.63) is 60.6 Å². The molecule has 1 amide bonds. The lowest BCUT2D eigenvalue weighted by atomic mass is 10.2. The fraction of sp³-hybridized carbons (Fsp3) is 0.263. The van der Waals surface area contributed by atoms with Crippen LogP contribution in [0.15, 0.2) is 54.9 Å². The molecule has 0 spiro atoms. The van der Waals surface area contributed by atoms with E-state index in [2.05, 4.69) is 10.3 Å². The molecule has 1 atom stereocenters. The second-order valence-corrected chi connectivity index (χ2v) is 6.08. The van der Waals surface area contributed by atoms with E-state index in [1.807, 2.05) is 66.2 Å². The monoisotopic (exact) mass is 410 g/mol. The van der Waals surface area contributed by atoms with Crippen molar-refractivity contribution in [2.24, 2.45) is 5.73 Å². The minimum atomic E-state index is -0.0318. The topological polar surface area (TPSA) is 81.7 Å². The third kappa shape index (κ3) is 6.75. The van der Waals surface area contributed by atoms with Gasteiger partial charge in [0.25, 0.3) is 0 Å². The molecule has 0 radical (unpaired) electrons. The van der Waals surface area contributed by atoms with Gasteiger partial charge in [-0.1, -0.05) is 6.07 Å². The predicted octanol–water partition coefficient (Wildman–Crippen LogP) is 3.82. The number of carbonyl (C=O) groups is 1. The van der Waals surface area contributed by atoms with Crippen LogP contribution in [0.5, 0.6) is 5.75 Å². The van der Waals surface area contributed by atoms with Crippen molar-refractivity contribution in [2.45, 2.75) is 32.4 Å². The number of nitrogens with two attached hydrogens (primary N) is 1. The molecule has 1 unspecified atom stereocenters. The van der Waals surface area contributed by atoms with Gasteiger partial charge in [-0.15, -0.1) is 24.8 Å². The van der Waals surface area contributed by atoms with Gasteiger partial charge in [-0.25, -0.2) is 4.98 Å². The fourth-order valence-electron chi connectivity index (χ4n) is 2.43. The number of halogens is 2. The van der Waals surface area contributed by atoms with E-state index in [9.17, 15) is 4.79 Å². The highest BCUT2D eigenvalue weighted by Gasteiger charge is 2.05. The van der Waals surface area contributed by atoms with Crippen molar-refractivity contribution in [1.29, 1.82) is 0 Å². The summed E-state index contributed by atoms with van der Waals surface area (Å²) < 4.78 is 7.71. The Morgan fingerprint density at radius 2 is 1.96 bits per heavy atom. The molecule has 2 heterocycles. The molecule has 0 aliphatic carbocycles. The van der Waals surface area contributed by atoms with Crippen LogP contribution < -0.4 is 15.8 Å². The highest BCUT2D eigenvalue weighted by atomic mass is 35.5. The summed E-state index contributed by atoms with van der Waals surface area (Å²) in [6.07, 6.45) is 4.99. The molecule has 2 aromatic heterocycles. The van der Waals surface area contributed by atoms with Crippen LogP contribution in [-0.2, 0) is 11.4 Å². The number of rotatable bonds is 7. The van der Waals surface area contributed by atoms with Gasteiger partial charge in [0, 0.05) is 30.5 Å². The van der Waals surface area contributed by atoms with Gasteiger partial charge in [0.15, 0.2) is 0 Å².